The maximum atomic E-state index is 5.38. The molecule has 0 aliphatic rings. The summed E-state index contributed by atoms with van der Waals surface area (Å²) in [6.07, 6.45) is 2.31. The number of nitrogens with zero attached hydrogens (tertiary/aromatic N) is 2. The fourth-order valence-electron chi connectivity index (χ4n) is 2.42. The van der Waals surface area contributed by atoms with Gasteiger partial charge >= 0.3 is 0 Å². The van der Waals surface area contributed by atoms with Crippen LogP contribution in [-0.2, 0) is 6.42 Å². The molecule has 0 amide bonds. The number of benzene rings is 2. The minimum absolute atomic E-state index is 0.669. The van der Waals surface area contributed by atoms with Crippen LogP contribution in [0.2, 0.25) is 0 Å². The zero-order valence-corrected chi connectivity index (χ0v) is 13.9. The molecule has 112 valence electrons. The molecule has 0 saturated heterocycles. The number of ether oxygens (including phenoxy) is 2. The monoisotopic (exact) mass is 358 g/mol. The number of aromatic nitrogens is 2. The van der Waals surface area contributed by atoms with E-state index in [4.69, 9.17) is 9.47 Å². The second-order valence-corrected chi connectivity index (χ2v) is 5.77. The third kappa shape index (κ3) is 2.90. The van der Waals surface area contributed by atoms with Crippen molar-refractivity contribution in [2.45, 2.75) is 6.42 Å². The predicted octanol–water partition coefficient (Wildman–Crippen LogP) is 4.00. The number of fused-ring (bicyclic) bond motifs is 1. The Morgan fingerprint density at radius 3 is 2.50 bits per heavy atom. The second-order valence-electron chi connectivity index (χ2n) is 4.85. The van der Waals surface area contributed by atoms with Crippen LogP contribution in [0.5, 0.6) is 11.5 Å². The molecule has 0 unspecified atom stereocenters. The molecule has 4 nitrogen and oxygen atoms in total. The largest absolute Gasteiger partial charge is 0.493 e. The van der Waals surface area contributed by atoms with Crippen LogP contribution < -0.4 is 9.47 Å². The fourth-order valence-corrected chi connectivity index (χ4v) is 2.86. The first-order valence-electron chi connectivity index (χ1n) is 6.81. The smallest absolute Gasteiger partial charge is 0.162 e. The topological polar surface area (TPSA) is 44.2 Å². The number of hydrogen-bond acceptors (Lipinski definition) is 4. The summed E-state index contributed by atoms with van der Waals surface area (Å²) in [7, 11) is 3.24. The van der Waals surface area contributed by atoms with Crippen molar-refractivity contribution in [3.8, 4) is 11.5 Å². The molecule has 2 aromatic carbocycles. The van der Waals surface area contributed by atoms with Gasteiger partial charge in [0.2, 0.25) is 0 Å². The van der Waals surface area contributed by atoms with E-state index in [-0.39, 0.29) is 0 Å². The minimum atomic E-state index is 0.669. The van der Waals surface area contributed by atoms with Gasteiger partial charge in [0.1, 0.15) is 6.33 Å². The van der Waals surface area contributed by atoms with Crippen molar-refractivity contribution in [1.29, 1.82) is 0 Å². The highest BCUT2D eigenvalue weighted by atomic mass is 79.9. The molecule has 1 aromatic heterocycles. The predicted molar refractivity (Wildman–Crippen MR) is 89.6 cm³/mol. The first kappa shape index (κ1) is 14.8. The third-order valence-electron chi connectivity index (χ3n) is 3.48. The Morgan fingerprint density at radius 1 is 1.00 bits per heavy atom. The van der Waals surface area contributed by atoms with Crippen molar-refractivity contribution in [3.63, 3.8) is 0 Å². The van der Waals surface area contributed by atoms with Gasteiger partial charge in [-0.1, -0.05) is 28.1 Å². The molecule has 0 atom stereocenters. The first-order chi connectivity index (χ1) is 10.7. The van der Waals surface area contributed by atoms with Crippen LogP contribution in [0.15, 0.2) is 47.2 Å². The minimum Gasteiger partial charge on any atom is -0.493 e. The lowest BCUT2D eigenvalue weighted by Crippen LogP contribution is -1.98. The van der Waals surface area contributed by atoms with Crippen molar-refractivity contribution in [2.24, 2.45) is 0 Å². The van der Waals surface area contributed by atoms with E-state index < -0.39 is 0 Å². The quantitative estimate of drug-likeness (QED) is 0.706. The highest BCUT2D eigenvalue weighted by Crippen LogP contribution is 2.32. The van der Waals surface area contributed by atoms with E-state index in [1.807, 2.05) is 24.3 Å². The number of halogens is 1. The highest BCUT2D eigenvalue weighted by molar-refractivity contribution is 9.10. The molecule has 0 N–H and O–H groups in total. The summed E-state index contributed by atoms with van der Waals surface area (Å²) < 4.78 is 11.8. The van der Waals surface area contributed by atoms with Crippen molar-refractivity contribution in [2.75, 3.05) is 14.2 Å². The summed E-state index contributed by atoms with van der Waals surface area (Å²) in [5, 5.41) is 0.972. The van der Waals surface area contributed by atoms with Crippen LogP contribution >= 0.6 is 15.9 Å². The van der Waals surface area contributed by atoms with E-state index in [0.29, 0.717) is 11.5 Å². The summed E-state index contributed by atoms with van der Waals surface area (Å²) >= 11 is 3.50. The summed E-state index contributed by atoms with van der Waals surface area (Å²) in [5.41, 5.74) is 2.99. The molecule has 3 rings (SSSR count). The molecule has 1 heterocycles. The average molecular weight is 359 g/mol. The normalized spacial score (nSPS) is 10.7. The third-order valence-corrected chi connectivity index (χ3v) is 3.98. The Labute approximate surface area is 137 Å². The van der Waals surface area contributed by atoms with Gasteiger partial charge in [-0.05, 0) is 23.8 Å². The maximum Gasteiger partial charge on any atom is 0.162 e. The molecule has 0 saturated carbocycles. The molecule has 3 aromatic rings. The molecule has 0 spiro atoms. The number of methoxy groups -OCH3 is 2. The fraction of sp³-hybridized carbons (Fsp3) is 0.176. The number of hydrogen-bond donors (Lipinski definition) is 0. The average Bonchev–Trinajstić information content (AvgIpc) is 2.54. The van der Waals surface area contributed by atoms with Crippen molar-refractivity contribution in [3.05, 3.63) is 58.5 Å². The van der Waals surface area contributed by atoms with E-state index >= 15 is 0 Å². The first-order valence-corrected chi connectivity index (χ1v) is 7.60. The van der Waals surface area contributed by atoms with Crippen molar-refractivity contribution in [1.82, 2.24) is 9.97 Å². The maximum absolute atomic E-state index is 5.38. The van der Waals surface area contributed by atoms with E-state index in [1.165, 1.54) is 5.56 Å². The molecular formula is C17H15BrN2O2. The molecule has 0 aliphatic heterocycles. The van der Waals surface area contributed by atoms with Gasteiger partial charge in [0.15, 0.2) is 11.5 Å². The van der Waals surface area contributed by atoms with Gasteiger partial charge in [0, 0.05) is 22.3 Å². The lowest BCUT2D eigenvalue weighted by Gasteiger charge is -2.11. The van der Waals surface area contributed by atoms with Crippen molar-refractivity contribution < 1.29 is 9.47 Å². The van der Waals surface area contributed by atoms with E-state index in [1.54, 1.807) is 20.5 Å². The van der Waals surface area contributed by atoms with E-state index in [0.717, 1.165) is 27.5 Å². The summed E-state index contributed by atoms with van der Waals surface area (Å²) in [6, 6.07) is 12.0. The van der Waals surface area contributed by atoms with Gasteiger partial charge in [0.05, 0.1) is 25.4 Å². The Morgan fingerprint density at radius 2 is 1.77 bits per heavy atom. The molecular weight excluding hydrogens is 344 g/mol. The highest BCUT2D eigenvalue weighted by Gasteiger charge is 2.11. The Bertz CT molecular complexity index is 821. The number of rotatable bonds is 4. The lowest BCUT2D eigenvalue weighted by molar-refractivity contribution is 0.355. The SMILES string of the molecule is COc1cc2ncnc(Cc3cccc(Br)c3)c2cc1OC. The van der Waals surface area contributed by atoms with Gasteiger partial charge < -0.3 is 9.47 Å². The van der Waals surface area contributed by atoms with Crippen LogP contribution in [0.25, 0.3) is 10.9 Å². The standard InChI is InChI=1S/C17H15BrN2O2/c1-21-16-8-13-14(7-11-4-3-5-12(18)6-11)19-10-20-15(13)9-17(16)22-2/h3-6,8-10H,7H2,1-2H3. The summed E-state index contributed by atoms with van der Waals surface area (Å²) in [4.78, 5) is 8.77. The zero-order valence-electron chi connectivity index (χ0n) is 12.3. The molecule has 5 heteroatoms. The van der Waals surface area contributed by atoms with E-state index in [2.05, 4.69) is 38.0 Å². The zero-order chi connectivity index (χ0) is 15.5. The summed E-state index contributed by atoms with van der Waals surface area (Å²) in [6.45, 7) is 0. The van der Waals surface area contributed by atoms with Gasteiger partial charge in [-0.2, -0.15) is 0 Å². The van der Waals surface area contributed by atoms with Crippen LogP contribution in [-0.4, -0.2) is 24.2 Å². The van der Waals surface area contributed by atoms with Crippen LogP contribution in [0.1, 0.15) is 11.3 Å². The van der Waals surface area contributed by atoms with Gasteiger partial charge in [-0.3, -0.25) is 0 Å². The second kappa shape index (κ2) is 6.32. The molecule has 0 radical (unpaired) electrons. The van der Waals surface area contributed by atoms with Gasteiger partial charge in [-0.15, -0.1) is 0 Å². The van der Waals surface area contributed by atoms with Crippen LogP contribution in [0.3, 0.4) is 0 Å². The summed E-state index contributed by atoms with van der Waals surface area (Å²) in [5.74, 6) is 1.35. The van der Waals surface area contributed by atoms with Crippen LogP contribution in [0.4, 0.5) is 0 Å². The Hall–Kier alpha value is -2.14. The Kier molecular flexibility index (Phi) is 4.24. The molecule has 0 fully saturated rings. The van der Waals surface area contributed by atoms with Crippen LogP contribution in [0, 0.1) is 0 Å². The van der Waals surface area contributed by atoms with Gasteiger partial charge in [-0.25, -0.2) is 9.97 Å². The molecule has 0 bridgehead atoms. The van der Waals surface area contributed by atoms with Gasteiger partial charge in [0.25, 0.3) is 0 Å². The molecule has 22 heavy (non-hydrogen) atoms. The van der Waals surface area contributed by atoms with E-state index in [9.17, 15) is 0 Å². The van der Waals surface area contributed by atoms with Crippen molar-refractivity contribution >= 4 is 26.8 Å². The Balaban J connectivity index is 2.09. The lowest BCUT2D eigenvalue weighted by atomic mass is 10.1. The molecule has 0 aliphatic carbocycles.